The standard InChI is InChI=1S/C34H54O3/c1-21(7-12-29(36)37-30-31(2,3)23-13-16-32(30,4)20-23)26-10-11-27-25-9-8-22-19-24(35)14-17-33(22,5)28(25)15-18-34(26,27)6/h8,21,23-28,30,35H,7,9-20H2,1-6H3/t21-,23?,24+,25+,26-,27+,28+,30?,32?,33+,34-/m1/s1. The molecule has 0 amide bonds. The average Bonchev–Trinajstić information content (AvgIpc) is 3.47. The summed E-state index contributed by atoms with van der Waals surface area (Å²) < 4.78 is 6.28. The number of allylic oxidation sites excluding steroid dienone is 1. The molecule has 0 saturated heterocycles. The van der Waals surface area contributed by atoms with Crippen LogP contribution in [0.25, 0.3) is 0 Å². The van der Waals surface area contributed by atoms with Gasteiger partial charge in [-0.25, -0.2) is 0 Å². The Kier molecular flexibility index (Phi) is 6.30. The zero-order valence-electron chi connectivity index (χ0n) is 24.7. The maximum atomic E-state index is 13.1. The van der Waals surface area contributed by atoms with Gasteiger partial charge in [-0.2, -0.15) is 0 Å². The molecule has 3 heteroatoms. The molecule has 3 unspecified atom stereocenters. The van der Waals surface area contributed by atoms with Crippen LogP contribution in [0.3, 0.4) is 0 Å². The molecule has 1 N–H and O–H groups in total. The SMILES string of the molecule is C[C@H](CCC(=O)OC1C2(C)CCC(C2)C1(C)C)[C@H]1CC[C@H]2[C@@H]3CC=C4C[C@@H](O)CC[C@]4(C)[C@H]3CC[C@]12C. The van der Waals surface area contributed by atoms with E-state index in [1.54, 1.807) is 5.57 Å². The second-order valence-corrected chi connectivity index (χ2v) is 16.2. The van der Waals surface area contributed by atoms with Crippen LogP contribution in [-0.2, 0) is 9.53 Å². The lowest BCUT2D eigenvalue weighted by Gasteiger charge is -2.58. The summed E-state index contributed by atoms with van der Waals surface area (Å²) >= 11 is 0. The molecule has 208 valence electrons. The summed E-state index contributed by atoms with van der Waals surface area (Å²) in [6.45, 7) is 14.6. The monoisotopic (exact) mass is 510 g/mol. The van der Waals surface area contributed by atoms with E-state index in [9.17, 15) is 9.90 Å². The van der Waals surface area contributed by atoms with Crippen LogP contribution in [0.2, 0.25) is 0 Å². The highest BCUT2D eigenvalue weighted by Gasteiger charge is 2.62. The Morgan fingerprint density at radius 1 is 1.03 bits per heavy atom. The fraction of sp³-hybridized carbons (Fsp3) is 0.912. The molecule has 6 rings (SSSR count). The van der Waals surface area contributed by atoms with E-state index in [1.165, 1.54) is 57.8 Å². The number of carbonyl (C=O) groups excluding carboxylic acids is 1. The lowest BCUT2D eigenvalue weighted by atomic mass is 9.47. The molecule has 37 heavy (non-hydrogen) atoms. The van der Waals surface area contributed by atoms with Gasteiger partial charge in [0.1, 0.15) is 6.10 Å². The number of hydrogen-bond acceptors (Lipinski definition) is 3. The summed E-state index contributed by atoms with van der Waals surface area (Å²) in [5.41, 5.74) is 2.63. The first kappa shape index (κ1) is 26.4. The maximum Gasteiger partial charge on any atom is 0.306 e. The molecular weight excluding hydrogens is 456 g/mol. The van der Waals surface area contributed by atoms with Gasteiger partial charge in [0.2, 0.25) is 0 Å². The van der Waals surface area contributed by atoms with Gasteiger partial charge >= 0.3 is 5.97 Å². The Bertz CT molecular complexity index is 946. The fourth-order valence-electron chi connectivity index (χ4n) is 11.9. The molecule has 0 radical (unpaired) electrons. The van der Waals surface area contributed by atoms with Gasteiger partial charge in [0.15, 0.2) is 0 Å². The zero-order chi connectivity index (χ0) is 26.4. The number of fused-ring (bicyclic) bond motifs is 7. The number of hydrogen-bond donors (Lipinski definition) is 1. The van der Waals surface area contributed by atoms with Crippen molar-refractivity contribution in [2.45, 2.75) is 137 Å². The highest BCUT2D eigenvalue weighted by Crippen LogP contribution is 2.67. The second-order valence-electron chi connectivity index (χ2n) is 16.2. The first-order chi connectivity index (χ1) is 17.4. The third kappa shape index (κ3) is 3.93. The third-order valence-corrected chi connectivity index (χ3v) is 14.0. The van der Waals surface area contributed by atoms with Crippen molar-refractivity contribution in [2.75, 3.05) is 0 Å². The third-order valence-electron chi connectivity index (χ3n) is 14.0. The summed E-state index contributed by atoms with van der Waals surface area (Å²) in [5, 5.41) is 10.3. The van der Waals surface area contributed by atoms with Gasteiger partial charge in [0.25, 0.3) is 0 Å². The molecule has 11 atom stereocenters. The van der Waals surface area contributed by atoms with Crippen molar-refractivity contribution in [3.05, 3.63) is 11.6 Å². The molecule has 0 aromatic rings. The number of ether oxygens (including phenoxy) is 1. The van der Waals surface area contributed by atoms with E-state index in [2.05, 4.69) is 47.6 Å². The molecule has 0 aromatic heterocycles. The van der Waals surface area contributed by atoms with Crippen LogP contribution in [0.15, 0.2) is 11.6 Å². The Morgan fingerprint density at radius 2 is 1.81 bits per heavy atom. The molecule has 5 saturated carbocycles. The summed E-state index contributed by atoms with van der Waals surface area (Å²) in [4.78, 5) is 13.1. The minimum atomic E-state index is -0.120. The highest BCUT2D eigenvalue weighted by molar-refractivity contribution is 5.69. The number of esters is 1. The summed E-state index contributed by atoms with van der Waals surface area (Å²) in [6.07, 6.45) is 17.5. The predicted molar refractivity (Wildman–Crippen MR) is 149 cm³/mol. The Balaban J connectivity index is 1.09. The van der Waals surface area contributed by atoms with E-state index in [0.29, 0.717) is 29.1 Å². The Labute approximate surface area is 226 Å². The van der Waals surface area contributed by atoms with Crippen molar-refractivity contribution in [3.63, 3.8) is 0 Å². The van der Waals surface area contributed by atoms with E-state index in [-0.39, 0.29) is 29.0 Å². The molecule has 6 aliphatic carbocycles. The van der Waals surface area contributed by atoms with Crippen molar-refractivity contribution in [3.8, 4) is 0 Å². The predicted octanol–water partition coefficient (Wildman–Crippen LogP) is 8.10. The normalized spacial score (nSPS) is 50.6. The maximum absolute atomic E-state index is 13.1. The Morgan fingerprint density at radius 3 is 2.54 bits per heavy atom. The molecular formula is C34H54O3. The molecule has 2 bridgehead atoms. The van der Waals surface area contributed by atoms with Crippen molar-refractivity contribution < 1.29 is 14.6 Å². The average molecular weight is 511 g/mol. The largest absolute Gasteiger partial charge is 0.461 e. The van der Waals surface area contributed by atoms with Gasteiger partial charge in [0.05, 0.1) is 6.10 Å². The molecule has 3 nitrogen and oxygen atoms in total. The molecule has 0 spiro atoms. The molecule has 0 aromatic carbocycles. The van der Waals surface area contributed by atoms with Crippen LogP contribution in [0, 0.1) is 57.2 Å². The van der Waals surface area contributed by atoms with Crippen LogP contribution in [0.1, 0.15) is 125 Å². The number of aliphatic hydroxyl groups is 1. The number of carbonyl (C=O) groups is 1. The van der Waals surface area contributed by atoms with Crippen LogP contribution in [-0.4, -0.2) is 23.3 Å². The van der Waals surface area contributed by atoms with E-state index in [1.807, 2.05) is 0 Å². The van der Waals surface area contributed by atoms with Crippen molar-refractivity contribution >= 4 is 5.97 Å². The number of rotatable bonds is 5. The lowest BCUT2D eigenvalue weighted by molar-refractivity contribution is -0.165. The first-order valence-corrected chi connectivity index (χ1v) is 16.0. The molecule has 0 aliphatic heterocycles. The van der Waals surface area contributed by atoms with Gasteiger partial charge in [-0.1, -0.05) is 53.2 Å². The van der Waals surface area contributed by atoms with Gasteiger partial charge in [-0.3, -0.25) is 4.79 Å². The van der Waals surface area contributed by atoms with Crippen molar-refractivity contribution in [1.29, 1.82) is 0 Å². The molecule has 0 heterocycles. The van der Waals surface area contributed by atoms with E-state index >= 15 is 0 Å². The van der Waals surface area contributed by atoms with Crippen LogP contribution in [0.5, 0.6) is 0 Å². The highest BCUT2D eigenvalue weighted by atomic mass is 16.5. The molecule has 5 fully saturated rings. The van der Waals surface area contributed by atoms with E-state index in [4.69, 9.17) is 4.74 Å². The van der Waals surface area contributed by atoms with Crippen LogP contribution >= 0.6 is 0 Å². The summed E-state index contributed by atoms with van der Waals surface area (Å²) in [6, 6.07) is 0. The quantitative estimate of drug-likeness (QED) is 0.300. The summed E-state index contributed by atoms with van der Waals surface area (Å²) in [7, 11) is 0. The summed E-state index contributed by atoms with van der Waals surface area (Å²) in [5.74, 6) is 4.51. The zero-order valence-corrected chi connectivity index (χ0v) is 24.7. The number of aliphatic hydroxyl groups excluding tert-OH is 1. The first-order valence-electron chi connectivity index (χ1n) is 16.0. The minimum Gasteiger partial charge on any atom is -0.461 e. The Hall–Kier alpha value is -0.830. The second kappa shape index (κ2) is 8.84. The van der Waals surface area contributed by atoms with Crippen molar-refractivity contribution in [1.82, 2.24) is 0 Å². The van der Waals surface area contributed by atoms with Gasteiger partial charge in [0, 0.05) is 17.3 Å². The van der Waals surface area contributed by atoms with E-state index in [0.717, 1.165) is 42.9 Å². The molecule has 6 aliphatic rings. The van der Waals surface area contributed by atoms with E-state index < -0.39 is 0 Å². The topological polar surface area (TPSA) is 46.5 Å². The lowest BCUT2D eigenvalue weighted by Crippen LogP contribution is -2.50. The smallest absolute Gasteiger partial charge is 0.306 e. The fourth-order valence-corrected chi connectivity index (χ4v) is 11.9. The van der Waals surface area contributed by atoms with Crippen LogP contribution in [0.4, 0.5) is 0 Å². The minimum absolute atomic E-state index is 0.0551. The van der Waals surface area contributed by atoms with Gasteiger partial charge in [-0.15, -0.1) is 0 Å². The van der Waals surface area contributed by atoms with Gasteiger partial charge < -0.3 is 9.84 Å². The van der Waals surface area contributed by atoms with Gasteiger partial charge in [-0.05, 0) is 123 Å². The van der Waals surface area contributed by atoms with Crippen molar-refractivity contribution in [2.24, 2.45) is 57.2 Å². The van der Waals surface area contributed by atoms with Crippen LogP contribution < -0.4 is 0 Å².